The van der Waals surface area contributed by atoms with Crippen LogP contribution in [0.15, 0.2) is 54.9 Å². The van der Waals surface area contributed by atoms with E-state index in [1.165, 1.54) is 17.9 Å². The molecule has 0 saturated carbocycles. The van der Waals surface area contributed by atoms with Gasteiger partial charge in [-0.05, 0) is 53.7 Å². The van der Waals surface area contributed by atoms with Gasteiger partial charge in [0.2, 0.25) is 0 Å². The van der Waals surface area contributed by atoms with E-state index in [1.807, 2.05) is 0 Å². The normalized spacial score (nSPS) is 10.3. The Balaban J connectivity index is 1.56. The van der Waals surface area contributed by atoms with Gasteiger partial charge in [0.25, 0.3) is 0 Å². The Labute approximate surface area is 143 Å². The van der Waals surface area contributed by atoms with E-state index in [1.54, 1.807) is 48.5 Å². The molecule has 0 radical (unpaired) electrons. The van der Waals surface area contributed by atoms with Crippen LogP contribution in [0.2, 0.25) is 0 Å². The molecule has 0 aliphatic carbocycles. The Kier molecular flexibility index (Phi) is 4.79. The molecule has 1 aromatic heterocycles. The standard InChI is InChI=1S/C17H14N4O4/c1-12(22)13-3-2-4-16(9-13)24-10-17(23)25-15-7-5-14(6-8-15)21-11-18-19-20-21/h2-9,11H,10H2,1H3. The van der Waals surface area contributed by atoms with Crippen LogP contribution in [0, 0.1) is 0 Å². The van der Waals surface area contributed by atoms with Gasteiger partial charge in [0.05, 0.1) is 5.69 Å². The molecule has 126 valence electrons. The minimum Gasteiger partial charge on any atom is -0.482 e. The van der Waals surface area contributed by atoms with Crippen molar-refractivity contribution in [3.63, 3.8) is 0 Å². The highest BCUT2D eigenvalue weighted by atomic mass is 16.6. The summed E-state index contributed by atoms with van der Waals surface area (Å²) in [6, 6.07) is 13.3. The molecule has 0 atom stereocenters. The zero-order valence-electron chi connectivity index (χ0n) is 13.3. The summed E-state index contributed by atoms with van der Waals surface area (Å²) in [5.41, 5.74) is 1.26. The summed E-state index contributed by atoms with van der Waals surface area (Å²) < 4.78 is 12.0. The number of nitrogens with zero attached hydrogens (tertiary/aromatic N) is 4. The first-order valence-electron chi connectivity index (χ1n) is 7.40. The lowest BCUT2D eigenvalue weighted by atomic mass is 10.1. The zero-order valence-corrected chi connectivity index (χ0v) is 13.3. The van der Waals surface area contributed by atoms with Crippen LogP contribution in [-0.4, -0.2) is 38.6 Å². The van der Waals surface area contributed by atoms with Crippen molar-refractivity contribution in [1.82, 2.24) is 20.2 Å². The largest absolute Gasteiger partial charge is 0.482 e. The van der Waals surface area contributed by atoms with Gasteiger partial charge < -0.3 is 9.47 Å². The number of ether oxygens (including phenoxy) is 2. The Hall–Kier alpha value is -3.55. The molecule has 8 heteroatoms. The quantitative estimate of drug-likeness (QED) is 0.384. The minimum atomic E-state index is -0.552. The van der Waals surface area contributed by atoms with Crippen LogP contribution >= 0.6 is 0 Å². The average Bonchev–Trinajstić information content (AvgIpc) is 3.15. The molecule has 2 aromatic carbocycles. The summed E-state index contributed by atoms with van der Waals surface area (Å²) in [5, 5.41) is 10.9. The molecule has 0 amide bonds. The van der Waals surface area contributed by atoms with Gasteiger partial charge in [0.1, 0.15) is 17.8 Å². The molecule has 0 saturated heterocycles. The van der Waals surface area contributed by atoms with E-state index < -0.39 is 5.97 Å². The van der Waals surface area contributed by atoms with Crippen molar-refractivity contribution in [2.24, 2.45) is 0 Å². The van der Waals surface area contributed by atoms with Crippen molar-refractivity contribution in [2.75, 3.05) is 6.61 Å². The predicted octanol–water partition coefficient (Wildman–Crippen LogP) is 1.85. The Morgan fingerprint density at radius 1 is 1.08 bits per heavy atom. The lowest BCUT2D eigenvalue weighted by Crippen LogP contribution is -2.17. The van der Waals surface area contributed by atoms with E-state index >= 15 is 0 Å². The fraction of sp³-hybridized carbons (Fsp3) is 0.118. The van der Waals surface area contributed by atoms with Crippen molar-refractivity contribution >= 4 is 11.8 Å². The summed E-state index contributed by atoms with van der Waals surface area (Å²) in [6.45, 7) is 1.20. The number of hydrogen-bond acceptors (Lipinski definition) is 7. The van der Waals surface area contributed by atoms with Gasteiger partial charge in [-0.3, -0.25) is 4.79 Å². The molecule has 0 N–H and O–H groups in total. The number of hydrogen-bond donors (Lipinski definition) is 0. The van der Waals surface area contributed by atoms with Crippen LogP contribution in [-0.2, 0) is 4.79 Å². The first kappa shape index (κ1) is 16.3. The predicted molar refractivity (Wildman–Crippen MR) is 86.7 cm³/mol. The highest BCUT2D eigenvalue weighted by molar-refractivity contribution is 5.94. The van der Waals surface area contributed by atoms with Crippen molar-refractivity contribution in [2.45, 2.75) is 6.92 Å². The molecular weight excluding hydrogens is 324 g/mol. The molecule has 0 aliphatic rings. The van der Waals surface area contributed by atoms with Gasteiger partial charge in [0.15, 0.2) is 12.4 Å². The SMILES string of the molecule is CC(=O)c1cccc(OCC(=O)Oc2ccc(-n3cnnn3)cc2)c1. The fourth-order valence-electron chi connectivity index (χ4n) is 2.05. The van der Waals surface area contributed by atoms with E-state index in [4.69, 9.17) is 9.47 Å². The van der Waals surface area contributed by atoms with Gasteiger partial charge >= 0.3 is 5.97 Å². The maximum absolute atomic E-state index is 11.9. The number of rotatable bonds is 6. The second-order valence-electron chi connectivity index (χ2n) is 5.10. The highest BCUT2D eigenvalue weighted by Gasteiger charge is 2.08. The second kappa shape index (κ2) is 7.35. The van der Waals surface area contributed by atoms with Gasteiger partial charge in [-0.2, -0.15) is 0 Å². The van der Waals surface area contributed by atoms with Crippen molar-refractivity contribution in [3.05, 3.63) is 60.4 Å². The smallest absolute Gasteiger partial charge is 0.349 e. The molecule has 3 rings (SSSR count). The summed E-state index contributed by atoms with van der Waals surface area (Å²) in [5.74, 6) is 0.181. The molecular formula is C17H14N4O4. The third kappa shape index (κ3) is 4.25. The monoisotopic (exact) mass is 338 g/mol. The van der Waals surface area contributed by atoms with Crippen LogP contribution in [0.3, 0.4) is 0 Å². The van der Waals surface area contributed by atoms with Crippen LogP contribution in [0.4, 0.5) is 0 Å². The molecule has 0 unspecified atom stereocenters. The summed E-state index contributed by atoms with van der Waals surface area (Å²) >= 11 is 0. The Morgan fingerprint density at radius 2 is 1.88 bits per heavy atom. The van der Waals surface area contributed by atoms with Crippen LogP contribution in [0.5, 0.6) is 11.5 Å². The van der Waals surface area contributed by atoms with Gasteiger partial charge in [0, 0.05) is 5.56 Å². The van der Waals surface area contributed by atoms with E-state index in [0.717, 1.165) is 5.69 Å². The fourth-order valence-corrected chi connectivity index (χ4v) is 2.05. The van der Waals surface area contributed by atoms with E-state index in [-0.39, 0.29) is 12.4 Å². The minimum absolute atomic E-state index is 0.0734. The van der Waals surface area contributed by atoms with Gasteiger partial charge in [-0.15, -0.1) is 5.10 Å². The molecule has 1 heterocycles. The molecule has 3 aromatic rings. The van der Waals surface area contributed by atoms with Crippen molar-refractivity contribution < 1.29 is 19.1 Å². The number of benzene rings is 2. The average molecular weight is 338 g/mol. The highest BCUT2D eigenvalue weighted by Crippen LogP contribution is 2.16. The molecule has 8 nitrogen and oxygen atoms in total. The van der Waals surface area contributed by atoms with Crippen LogP contribution < -0.4 is 9.47 Å². The third-order valence-electron chi connectivity index (χ3n) is 3.28. The molecule has 0 spiro atoms. The van der Waals surface area contributed by atoms with E-state index in [9.17, 15) is 9.59 Å². The maximum Gasteiger partial charge on any atom is 0.349 e. The first-order valence-corrected chi connectivity index (χ1v) is 7.40. The summed E-state index contributed by atoms with van der Waals surface area (Å²) in [7, 11) is 0. The van der Waals surface area contributed by atoms with E-state index in [0.29, 0.717) is 17.1 Å². The molecule has 0 fully saturated rings. The Bertz CT molecular complexity index is 876. The van der Waals surface area contributed by atoms with Crippen molar-refractivity contribution in [1.29, 1.82) is 0 Å². The molecule has 0 aliphatic heterocycles. The number of Topliss-reactive ketones (excluding diaryl/α,β-unsaturated/α-hetero) is 1. The molecule has 0 bridgehead atoms. The summed E-state index contributed by atoms with van der Waals surface area (Å²) in [6.07, 6.45) is 1.46. The summed E-state index contributed by atoms with van der Waals surface area (Å²) in [4.78, 5) is 23.2. The third-order valence-corrected chi connectivity index (χ3v) is 3.28. The number of carbonyl (C=O) groups excluding carboxylic acids is 2. The number of ketones is 1. The zero-order chi connectivity index (χ0) is 17.6. The van der Waals surface area contributed by atoms with Crippen LogP contribution in [0.25, 0.3) is 5.69 Å². The number of carbonyl (C=O) groups is 2. The maximum atomic E-state index is 11.9. The second-order valence-corrected chi connectivity index (χ2v) is 5.10. The van der Waals surface area contributed by atoms with Gasteiger partial charge in [-0.25, -0.2) is 9.48 Å². The Morgan fingerprint density at radius 3 is 2.56 bits per heavy atom. The molecule has 25 heavy (non-hydrogen) atoms. The van der Waals surface area contributed by atoms with Crippen LogP contribution in [0.1, 0.15) is 17.3 Å². The van der Waals surface area contributed by atoms with Gasteiger partial charge in [-0.1, -0.05) is 12.1 Å². The lowest BCUT2D eigenvalue weighted by Gasteiger charge is -2.08. The lowest BCUT2D eigenvalue weighted by molar-refractivity contribution is -0.136. The first-order chi connectivity index (χ1) is 12.1. The topological polar surface area (TPSA) is 96.2 Å². The number of esters is 1. The number of tetrazole rings is 1. The van der Waals surface area contributed by atoms with Crippen molar-refractivity contribution in [3.8, 4) is 17.2 Å². The van der Waals surface area contributed by atoms with E-state index in [2.05, 4.69) is 15.5 Å². The number of aromatic nitrogens is 4.